The van der Waals surface area contributed by atoms with Crippen molar-refractivity contribution >= 4 is 11.7 Å². The lowest BCUT2D eigenvalue weighted by molar-refractivity contribution is -0.134. The van der Waals surface area contributed by atoms with Crippen LogP contribution in [0.1, 0.15) is 19.3 Å². The van der Waals surface area contributed by atoms with E-state index in [4.69, 9.17) is 0 Å². The Labute approximate surface area is 71.7 Å². The SMILES string of the molecule is CN1C[C@@H]2CC(=O)C[C@@H]2CC1=O. The summed E-state index contributed by atoms with van der Waals surface area (Å²) in [6.07, 6.45) is 1.93. The lowest BCUT2D eigenvalue weighted by Crippen LogP contribution is -2.39. The summed E-state index contributed by atoms with van der Waals surface area (Å²) in [5.41, 5.74) is 0. The average Bonchev–Trinajstić information content (AvgIpc) is 2.30. The van der Waals surface area contributed by atoms with Crippen molar-refractivity contribution in [3.8, 4) is 0 Å². The number of carbonyl (C=O) groups excluding carboxylic acids is 2. The maximum absolute atomic E-state index is 11.3. The maximum atomic E-state index is 11.3. The third-order valence-corrected chi connectivity index (χ3v) is 3.02. The quantitative estimate of drug-likeness (QED) is 0.525. The molecule has 0 radical (unpaired) electrons. The average molecular weight is 167 g/mol. The van der Waals surface area contributed by atoms with Crippen LogP contribution < -0.4 is 0 Å². The molecule has 66 valence electrons. The van der Waals surface area contributed by atoms with Gasteiger partial charge in [0.2, 0.25) is 5.91 Å². The molecule has 0 aromatic heterocycles. The van der Waals surface area contributed by atoms with Gasteiger partial charge in [-0.2, -0.15) is 0 Å². The summed E-state index contributed by atoms with van der Waals surface area (Å²) in [5, 5.41) is 0. The van der Waals surface area contributed by atoms with Gasteiger partial charge in [0.05, 0.1) is 0 Å². The fourth-order valence-corrected chi connectivity index (χ4v) is 2.29. The topological polar surface area (TPSA) is 37.4 Å². The first kappa shape index (κ1) is 7.77. The second kappa shape index (κ2) is 2.57. The molecular weight excluding hydrogens is 154 g/mol. The van der Waals surface area contributed by atoms with Gasteiger partial charge in [0.1, 0.15) is 5.78 Å². The zero-order valence-electron chi connectivity index (χ0n) is 7.25. The van der Waals surface area contributed by atoms with Gasteiger partial charge in [-0.1, -0.05) is 0 Å². The van der Waals surface area contributed by atoms with Crippen LogP contribution in [-0.2, 0) is 9.59 Å². The van der Waals surface area contributed by atoms with E-state index in [-0.39, 0.29) is 5.91 Å². The third-order valence-electron chi connectivity index (χ3n) is 3.02. The van der Waals surface area contributed by atoms with E-state index in [1.165, 1.54) is 0 Å². The van der Waals surface area contributed by atoms with Crippen molar-refractivity contribution in [2.45, 2.75) is 19.3 Å². The van der Waals surface area contributed by atoms with Crippen LogP contribution in [0.3, 0.4) is 0 Å². The summed E-state index contributed by atoms with van der Waals surface area (Å²) >= 11 is 0. The fourth-order valence-electron chi connectivity index (χ4n) is 2.29. The van der Waals surface area contributed by atoms with Crippen molar-refractivity contribution in [3.63, 3.8) is 0 Å². The van der Waals surface area contributed by atoms with Gasteiger partial charge in [-0.25, -0.2) is 0 Å². The molecule has 1 saturated carbocycles. The number of Topliss-reactive ketones (excluding diaryl/α,β-unsaturated/α-hetero) is 1. The highest BCUT2D eigenvalue weighted by Gasteiger charge is 2.39. The summed E-state index contributed by atoms with van der Waals surface area (Å²) < 4.78 is 0. The van der Waals surface area contributed by atoms with E-state index in [0.29, 0.717) is 36.9 Å². The normalized spacial score (nSPS) is 35.6. The van der Waals surface area contributed by atoms with Crippen LogP contribution in [0.25, 0.3) is 0 Å². The van der Waals surface area contributed by atoms with E-state index in [9.17, 15) is 9.59 Å². The summed E-state index contributed by atoms with van der Waals surface area (Å²) in [7, 11) is 1.82. The number of hydrogen-bond donors (Lipinski definition) is 0. The van der Waals surface area contributed by atoms with Crippen molar-refractivity contribution < 1.29 is 9.59 Å². The molecule has 1 saturated heterocycles. The molecule has 2 fully saturated rings. The number of carbonyl (C=O) groups is 2. The van der Waals surface area contributed by atoms with E-state index in [0.717, 1.165) is 6.54 Å². The van der Waals surface area contributed by atoms with Gasteiger partial charge < -0.3 is 4.90 Å². The Bertz CT molecular complexity index is 237. The van der Waals surface area contributed by atoms with Gasteiger partial charge in [0.15, 0.2) is 0 Å². The van der Waals surface area contributed by atoms with Crippen LogP contribution in [0.15, 0.2) is 0 Å². The lowest BCUT2D eigenvalue weighted by Gasteiger charge is -2.31. The molecule has 1 aliphatic carbocycles. The van der Waals surface area contributed by atoms with Crippen molar-refractivity contribution in [3.05, 3.63) is 0 Å². The molecule has 2 aliphatic rings. The number of ketones is 1. The zero-order chi connectivity index (χ0) is 8.72. The monoisotopic (exact) mass is 167 g/mol. The number of likely N-dealkylation sites (tertiary alicyclic amines) is 1. The Morgan fingerprint density at radius 3 is 2.58 bits per heavy atom. The number of fused-ring (bicyclic) bond motifs is 1. The highest BCUT2D eigenvalue weighted by Crippen LogP contribution is 2.35. The largest absolute Gasteiger partial charge is 0.345 e. The minimum absolute atomic E-state index is 0.200. The van der Waals surface area contributed by atoms with Crippen molar-refractivity contribution in [2.75, 3.05) is 13.6 Å². The number of piperidine rings is 1. The van der Waals surface area contributed by atoms with Crippen LogP contribution in [0, 0.1) is 11.8 Å². The lowest BCUT2D eigenvalue weighted by atomic mass is 9.88. The third kappa shape index (κ3) is 1.13. The van der Waals surface area contributed by atoms with Crippen LogP contribution in [-0.4, -0.2) is 30.2 Å². The van der Waals surface area contributed by atoms with E-state index in [1.54, 1.807) is 4.90 Å². The molecule has 1 aliphatic heterocycles. The first-order valence-electron chi connectivity index (χ1n) is 4.42. The van der Waals surface area contributed by atoms with Gasteiger partial charge in [-0.3, -0.25) is 9.59 Å². The molecule has 0 spiro atoms. The molecule has 1 amide bonds. The molecule has 3 heteroatoms. The minimum atomic E-state index is 0.200. The van der Waals surface area contributed by atoms with Crippen LogP contribution >= 0.6 is 0 Å². The predicted molar refractivity (Wildman–Crippen MR) is 43.5 cm³/mol. The van der Waals surface area contributed by atoms with E-state index in [2.05, 4.69) is 0 Å². The standard InChI is InChI=1S/C9H13NO2/c1-10-5-7-3-8(11)2-6(7)4-9(10)12/h6-7H,2-5H2,1H3/t6-,7+/m1/s1. The number of rotatable bonds is 0. The van der Waals surface area contributed by atoms with Gasteiger partial charge in [-0.05, 0) is 11.8 Å². The molecule has 0 unspecified atom stereocenters. The Balaban J connectivity index is 2.10. The van der Waals surface area contributed by atoms with Crippen LogP contribution in [0.5, 0.6) is 0 Å². The number of nitrogens with zero attached hydrogens (tertiary/aromatic N) is 1. The first-order valence-corrected chi connectivity index (χ1v) is 4.42. The van der Waals surface area contributed by atoms with Crippen LogP contribution in [0.4, 0.5) is 0 Å². The predicted octanol–water partition coefficient (Wildman–Crippen LogP) is 0.444. The minimum Gasteiger partial charge on any atom is -0.345 e. The van der Waals surface area contributed by atoms with Crippen molar-refractivity contribution in [1.29, 1.82) is 0 Å². The summed E-state index contributed by atoms with van der Waals surface area (Å²) in [4.78, 5) is 24.1. The van der Waals surface area contributed by atoms with E-state index in [1.807, 2.05) is 7.05 Å². The van der Waals surface area contributed by atoms with Gasteiger partial charge in [-0.15, -0.1) is 0 Å². The van der Waals surface area contributed by atoms with Gasteiger partial charge in [0, 0.05) is 32.9 Å². The highest BCUT2D eigenvalue weighted by molar-refractivity contribution is 5.84. The van der Waals surface area contributed by atoms with Crippen molar-refractivity contribution in [2.24, 2.45) is 11.8 Å². The Hall–Kier alpha value is -0.860. The second-order valence-corrected chi connectivity index (χ2v) is 3.95. The molecule has 2 atom stereocenters. The van der Waals surface area contributed by atoms with Gasteiger partial charge in [0.25, 0.3) is 0 Å². The molecule has 0 N–H and O–H groups in total. The molecule has 0 bridgehead atoms. The molecule has 1 heterocycles. The molecular formula is C9H13NO2. The maximum Gasteiger partial charge on any atom is 0.222 e. The summed E-state index contributed by atoms with van der Waals surface area (Å²) in [5.74, 6) is 1.36. The fraction of sp³-hybridized carbons (Fsp3) is 0.778. The molecule has 2 rings (SSSR count). The highest BCUT2D eigenvalue weighted by atomic mass is 16.2. The summed E-state index contributed by atoms with van der Waals surface area (Å²) in [6.45, 7) is 0.787. The molecule has 12 heavy (non-hydrogen) atoms. The Kier molecular flexibility index (Phi) is 1.67. The number of amides is 1. The van der Waals surface area contributed by atoms with E-state index >= 15 is 0 Å². The Morgan fingerprint density at radius 2 is 1.83 bits per heavy atom. The Morgan fingerprint density at radius 1 is 1.17 bits per heavy atom. The van der Waals surface area contributed by atoms with Gasteiger partial charge >= 0.3 is 0 Å². The first-order chi connectivity index (χ1) is 5.66. The smallest absolute Gasteiger partial charge is 0.222 e. The van der Waals surface area contributed by atoms with Crippen LogP contribution in [0.2, 0.25) is 0 Å². The number of hydrogen-bond acceptors (Lipinski definition) is 2. The summed E-state index contributed by atoms with van der Waals surface area (Å²) in [6, 6.07) is 0. The molecule has 0 aromatic rings. The second-order valence-electron chi connectivity index (χ2n) is 3.95. The van der Waals surface area contributed by atoms with Crippen molar-refractivity contribution in [1.82, 2.24) is 4.90 Å². The van der Waals surface area contributed by atoms with E-state index < -0.39 is 0 Å². The molecule has 0 aromatic carbocycles. The zero-order valence-corrected chi connectivity index (χ0v) is 7.25. The molecule has 3 nitrogen and oxygen atoms in total.